The Balaban J connectivity index is 1.44. The van der Waals surface area contributed by atoms with Gasteiger partial charge in [0.15, 0.2) is 0 Å². The van der Waals surface area contributed by atoms with Crippen LogP contribution in [0.4, 0.5) is 17.5 Å². The van der Waals surface area contributed by atoms with Crippen molar-refractivity contribution in [2.45, 2.75) is 20.4 Å². The largest absolute Gasteiger partial charge is 0.368 e. The molecule has 0 aliphatic carbocycles. The second-order valence-corrected chi connectivity index (χ2v) is 7.99. The highest BCUT2D eigenvalue weighted by Crippen LogP contribution is 2.24. The molecule has 3 aromatic heterocycles. The van der Waals surface area contributed by atoms with Crippen LogP contribution in [-0.4, -0.2) is 56.1 Å². The van der Waals surface area contributed by atoms with E-state index in [-0.39, 0.29) is 0 Å². The zero-order chi connectivity index (χ0) is 20.5. The van der Waals surface area contributed by atoms with E-state index in [1.807, 2.05) is 35.3 Å². The number of nitrogens with one attached hydrogen (secondary N) is 2. The molecule has 30 heavy (non-hydrogen) atoms. The highest BCUT2D eigenvalue weighted by atomic mass is 15.4. The number of benzene rings is 1. The number of hydrogen-bond donors (Lipinski definition) is 2. The highest BCUT2D eigenvalue weighted by Gasteiger charge is 2.14. The quantitative estimate of drug-likeness (QED) is 0.525. The average molecular weight is 403 g/mol. The Morgan fingerprint density at radius 1 is 1.07 bits per heavy atom. The molecule has 1 aromatic carbocycles. The van der Waals surface area contributed by atoms with Gasteiger partial charge in [0.05, 0.1) is 11.9 Å². The summed E-state index contributed by atoms with van der Waals surface area (Å²) in [5, 5.41) is 16.2. The fourth-order valence-corrected chi connectivity index (χ4v) is 3.77. The number of rotatable bonds is 5. The number of pyridine rings is 1. The maximum atomic E-state index is 4.77. The van der Waals surface area contributed by atoms with E-state index in [0.717, 1.165) is 60.3 Å². The van der Waals surface area contributed by atoms with Crippen LogP contribution in [0.3, 0.4) is 0 Å². The molecule has 1 aliphatic rings. The molecule has 0 bridgehead atoms. The molecule has 0 unspecified atom stereocenters. The molecule has 4 heterocycles. The molecule has 9 heteroatoms. The van der Waals surface area contributed by atoms with Crippen molar-refractivity contribution in [2.24, 2.45) is 5.92 Å². The average Bonchev–Trinajstić information content (AvgIpc) is 3.17. The van der Waals surface area contributed by atoms with Gasteiger partial charge in [-0.2, -0.15) is 0 Å². The summed E-state index contributed by atoms with van der Waals surface area (Å²) in [5.74, 6) is 1.69. The highest BCUT2D eigenvalue weighted by molar-refractivity contribution is 6.01. The van der Waals surface area contributed by atoms with Crippen molar-refractivity contribution in [1.82, 2.24) is 35.3 Å². The van der Waals surface area contributed by atoms with Crippen molar-refractivity contribution in [1.29, 1.82) is 0 Å². The lowest BCUT2D eigenvalue weighted by Gasteiger charge is -2.29. The zero-order valence-corrected chi connectivity index (χ0v) is 17.2. The number of fused-ring (bicyclic) bond motifs is 3. The van der Waals surface area contributed by atoms with Crippen LogP contribution in [0, 0.1) is 5.92 Å². The van der Waals surface area contributed by atoms with Crippen LogP contribution in [0.15, 0.2) is 36.7 Å². The summed E-state index contributed by atoms with van der Waals surface area (Å²) in [6.07, 6.45) is 3.72. The lowest BCUT2D eigenvalue weighted by molar-refractivity contribution is 0.483. The maximum absolute atomic E-state index is 4.77. The third-order valence-electron chi connectivity index (χ3n) is 5.23. The number of anilines is 3. The van der Waals surface area contributed by atoms with E-state index in [0.29, 0.717) is 17.7 Å². The van der Waals surface area contributed by atoms with Crippen LogP contribution in [-0.2, 0) is 6.54 Å². The van der Waals surface area contributed by atoms with Gasteiger partial charge in [-0.1, -0.05) is 19.1 Å². The summed E-state index contributed by atoms with van der Waals surface area (Å²) < 4.78 is 1.93. The van der Waals surface area contributed by atoms with Crippen LogP contribution in [0.2, 0.25) is 0 Å². The van der Waals surface area contributed by atoms with E-state index < -0.39 is 0 Å². The van der Waals surface area contributed by atoms with Crippen molar-refractivity contribution in [2.75, 3.05) is 36.4 Å². The van der Waals surface area contributed by atoms with Crippen molar-refractivity contribution < 1.29 is 0 Å². The molecule has 154 valence electrons. The van der Waals surface area contributed by atoms with Gasteiger partial charge in [-0.3, -0.25) is 0 Å². The minimum absolute atomic E-state index is 0.461. The lowest BCUT2D eigenvalue weighted by Crippen LogP contribution is -2.43. The number of aromatic nitrogens is 6. The van der Waals surface area contributed by atoms with Gasteiger partial charge in [0, 0.05) is 44.3 Å². The first-order chi connectivity index (χ1) is 14.7. The lowest BCUT2D eigenvalue weighted by atomic mass is 10.2. The van der Waals surface area contributed by atoms with Crippen molar-refractivity contribution >= 4 is 39.4 Å². The molecule has 1 saturated heterocycles. The van der Waals surface area contributed by atoms with Crippen LogP contribution in [0.25, 0.3) is 21.9 Å². The molecule has 1 aliphatic heterocycles. The summed E-state index contributed by atoms with van der Waals surface area (Å²) >= 11 is 0. The van der Waals surface area contributed by atoms with Crippen LogP contribution in [0.5, 0.6) is 0 Å². The monoisotopic (exact) mass is 403 g/mol. The summed E-state index contributed by atoms with van der Waals surface area (Å²) in [6.45, 7) is 9.11. The molecule has 1 fully saturated rings. The van der Waals surface area contributed by atoms with Gasteiger partial charge in [-0.05, 0) is 30.2 Å². The van der Waals surface area contributed by atoms with Crippen LogP contribution < -0.4 is 15.5 Å². The maximum Gasteiger partial charge on any atom is 0.228 e. The first-order valence-corrected chi connectivity index (χ1v) is 10.3. The molecule has 0 spiro atoms. The molecule has 0 radical (unpaired) electrons. The Bertz CT molecular complexity index is 1160. The minimum atomic E-state index is 0.461. The van der Waals surface area contributed by atoms with Crippen molar-refractivity contribution in [3.8, 4) is 0 Å². The van der Waals surface area contributed by atoms with E-state index >= 15 is 0 Å². The zero-order valence-electron chi connectivity index (χ0n) is 17.2. The third-order valence-corrected chi connectivity index (χ3v) is 5.23. The summed E-state index contributed by atoms with van der Waals surface area (Å²) in [4.78, 5) is 16.1. The molecule has 9 nitrogen and oxygen atoms in total. The smallest absolute Gasteiger partial charge is 0.228 e. The van der Waals surface area contributed by atoms with Gasteiger partial charge < -0.3 is 15.5 Å². The Labute approximate surface area is 174 Å². The molecule has 5 rings (SSSR count). The number of piperazine rings is 1. The summed E-state index contributed by atoms with van der Waals surface area (Å²) in [7, 11) is 0. The molecule has 2 N–H and O–H groups in total. The second kappa shape index (κ2) is 7.83. The fourth-order valence-electron chi connectivity index (χ4n) is 3.77. The predicted octanol–water partition coefficient (Wildman–Crippen LogP) is 2.58. The fraction of sp³-hybridized carbons (Fsp3) is 0.381. The van der Waals surface area contributed by atoms with Gasteiger partial charge in [-0.15, -0.1) is 5.10 Å². The van der Waals surface area contributed by atoms with E-state index in [1.165, 1.54) is 0 Å². The number of hydrogen-bond acceptors (Lipinski definition) is 8. The van der Waals surface area contributed by atoms with Crippen molar-refractivity contribution in [3.63, 3.8) is 0 Å². The SMILES string of the molecule is CC(C)Cn1nnc2ccc3cnc(Nc4ccc(N5CCNCC5)cn4)nc3c21. The minimum Gasteiger partial charge on any atom is -0.368 e. The summed E-state index contributed by atoms with van der Waals surface area (Å²) in [5.41, 5.74) is 3.75. The summed E-state index contributed by atoms with van der Waals surface area (Å²) in [6, 6.07) is 8.00. The Kier molecular flexibility index (Phi) is 4.88. The Morgan fingerprint density at radius 3 is 2.70 bits per heavy atom. The molecular weight excluding hydrogens is 378 g/mol. The first-order valence-electron chi connectivity index (χ1n) is 10.3. The Morgan fingerprint density at radius 2 is 1.93 bits per heavy atom. The standard InChI is InChI=1S/C21H25N9/c1-14(2)13-30-20-17(27-28-30)5-3-15-11-24-21(26-19(15)20)25-18-6-4-16(12-23-18)29-9-7-22-8-10-29/h3-6,11-12,14,22H,7-10,13H2,1-2H3,(H,23,24,25,26). The third kappa shape index (κ3) is 3.63. The van der Waals surface area contributed by atoms with E-state index in [4.69, 9.17) is 4.98 Å². The van der Waals surface area contributed by atoms with Gasteiger partial charge in [-0.25, -0.2) is 19.6 Å². The predicted molar refractivity (Wildman–Crippen MR) is 118 cm³/mol. The van der Waals surface area contributed by atoms with Gasteiger partial charge in [0.2, 0.25) is 5.95 Å². The topological polar surface area (TPSA) is 96.7 Å². The first kappa shape index (κ1) is 18.7. The van der Waals surface area contributed by atoms with Crippen molar-refractivity contribution in [3.05, 3.63) is 36.7 Å². The van der Waals surface area contributed by atoms with E-state index in [1.54, 1.807) is 0 Å². The molecule has 0 saturated carbocycles. The number of nitrogens with zero attached hydrogens (tertiary/aromatic N) is 7. The molecule has 0 amide bonds. The van der Waals surface area contributed by atoms with Crippen LogP contribution in [0.1, 0.15) is 13.8 Å². The molecule has 0 atom stereocenters. The van der Waals surface area contributed by atoms with E-state index in [2.05, 4.69) is 55.7 Å². The van der Waals surface area contributed by atoms with Gasteiger partial charge in [0.25, 0.3) is 0 Å². The second-order valence-electron chi connectivity index (χ2n) is 7.99. The van der Waals surface area contributed by atoms with Crippen LogP contribution >= 0.6 is 0 Å². The van der Waals surface area contributed by atoms with E-state index in [9.17, 15) is 0 Å². The van der Waals surface area contributed by atoms with Gasteiger partial charge >= 0.3 is 0 Å². The molecular formula is C21H25N9. The molecule has 4 aromatic rings. The van der Waals surface area contributed by atoms with Gasteiger partial charge in [0.1, 0.15) is 22.4 Å². The normalized spacial score (nSPS) is 14.7. The Hall–Kier alpha value is -3.33.